The van der Waals surface area contributed by atoms with Gasteiger partial charge in [0.05, 0.1) is 23.8 Å². The van der Waals surface area contributed by atoms with E-state index in [0.717, 1.165) is 49.2 Å². The Balaban J connectivity index is 1.13. The van der Waals surface area contributed by atoms with Gasteiger partial charge in [0, 0.05) is 17.5 Å². The van der Waals surface area contributed by atoms with Gasteiger partial charge >= 0.3 is 5.97 Å². The maximum atomic E-state index is 13.2. The van der Waals surface area contributed by atoms with Crippen LogP contribution < -0.4 is 4.74 Å². The van der Waals surface area contributed by atoms with E-state index < -0.39 is 5.97 Å². The van der Waals surface area contributed by atoms with Crippen molar-refractivity contribution in [1.29, 1.82) is 0 Å². The van der Waals surface area contributed by atoms with E-state index in [1.807, 2.05) is 10.9 Å². The van der Waals surface area contributed by atoms with Crippen molar-refractivity contribution in [3.8, 4) is 5.75 Å². The van der Waals surface area contributed by atoms with Gasteiger partial charge in [0.2, 0.25) is 0 Å². The average Bonchev–Trinajstić information content (AvgIpc) is 3.34. The highest BCUT2D eigenvalue weighted by atomic mass is 16.5. The number of aromatic nitrogens is 2. The van der Waals surface area contributed by atoms with Gasteiger partial charge in [-0.2, -0.15) is 5.10 Å². The predicted molar refractivity (Wildman–Crippen MR) is 146 cm³/mol. The fourth-order valence-electron chi connectivity index (χ4n) is 5.69. The molecule has 1 aliphatic heterocycles. The smallest absolute Gasteiger partial charge is 0.335 e. The minimum atomic E-state index is -0.959. The van der Waals surface area contributed by atoms with Crippen LogP contribution in [-0.4, -0.2) is 57.0 Å². The van der Waals surface area contributed by atoms with Crippen LogP contribution in [0.25, 0.3) is 0 Å². The lowest BCUT2D eigenvalue weighted by Crippen LogP contribution is -2.46. The highest BCUT2D eigenvalue weighted by Crippen LogP contribution is 2.44. The van der Waals surface area contributed by atoms with E-state index >= 15 is 0 Å². The molecule has 8 heteroatoms. The number of Topliss-reactive ketones (excluding diaryl/α,β-unsaturated/α-hetero) is 2. The molecule has 0 radical (unpaired) electrons. The summed E-state index contributed by atoms with van der Waals surface area (Å²) in [5.74, 6) is -0.0632. The zero-order valence-corrected chi connectivity index (χ0v) is 22.8. The first-order valence-corrected chi connectivity index (χ1v) is 13.4. The number of hydrogen-bond acceptors (Lipinski definition) is 6. The summed E-state index contributed by atoms with van der Waals surface area (Å²) in [5, 5.41) is 13.5. The van der Waals surface area contributed by atoms with Gasteiger partial charge in [-0.3, -0.25) is 19.2 Å². The summed E-state index contributed by atoms with van der Waals surface area (Å²) in [6.45, 7) is 8.46. The molecule has 1 spiro atoms. The predicted octanol–water partition coefficient (Wildman–Crippen LogP) is 5.01. The molecule has 3 aromatic rings. The monoisotopic (exact) mass is 529 g/mol. The molecule has 2 aliphatic rings. The minimum Gasteiger partial charge on any atom is -0.489 e. The molecular weight excluding hydrogens is 494 g/mol. The fourth-order valence-corrected chi connectivity index (χ4v) is 5.69. The second kappa shape index (κ2) is 10.4. The summed E-state index contributed by atoms with van der Waals surface area (Å²) in [6.07, 6.45) is 5.09. The van der Waals surface area contributed by atoms with Crippen LogP contribution in [0, 0.1) is 5.41 Å². The number of carboxylic acid groups (broad SMARTS) is 1. The largest absolute Gasteiger partial charge is 0.489 e. The number of likely N-dealkylation sites (tertiary alicyclic amines) is 1. The van der Waals surface area contributed by atoms with Crippen LogP contribution >= 0.6 is 0 Å². The fraction of sp³-hybridized carbons (Fsp3) is 0.419. The first-order valence-electron chi connectivity index (χ1n) is 13.4. The third-order valence-corrected chi connectivity index (χ3v) is 7.91. The third-order valence-electron chi connectivity index (χ3n) is 7.91. The molecule has 39 heavy (non-hydrogen) atoms. The molecule has 5 rings (SSSR count). The van der Waals surface area contributed by atoms with Crippen molar-refractivity contribution in [1.82, 2.24) is 14.7 Å². The SMILES string of the molecule is CC(C)(C)n1ncc2c1C(=O)CC1(CCN(CC(=O)c3ccc(OCc4ccc(C(=O)O)cc4)cc3)CC1)C2. The summed E-state index contributed by atoms with van der Waals surface area (Å²) in [5.41, 5.74) is 3.31. The van der Waals surface area contributed by atoms with Crippen molar-refractivity contribution in [2.45, 2.75) is 58.6 Å². The lowest BCUT2D eigenvalue weighted by molar-refractivity contribution is 0.0620. The lowest BCUT2D eigenvalue weighted by atomic mass is 9.67. The van der Waals surface area contributed by atoms with E-state index in [2.05, 4.69) is 30.8 Å². The van der Waals surface area contributed by atoms with Gasteiger partial charge in [0.15, 0.2) is 11.6 Å². The number of rotatable bonds is 7. The van der Waals surface area contributed by atoms with E-state index in [1.165, 1.54) is 0 Å². The zero-order valence-electron chi connectivity index (χ0n) is 22.8. The van der Waals surface area contributed by atoms with Gasteiger partial charge in [-0.1, -0.05) is 12.1 Å². The molecule has 0 unspecified atom stereocenters. The Morgan fingerprint density at radius 1 is 0.974 bits per heavy atom. The number of aromatic carboxylic acids is 1. The average molecular weight is 530 g/mol. The topological polar surface area (TPSA) is 102 Å². The molecule has 0 saturated carbocycles. The molecular formula is C31H35N3O5. The van der Waals surface area contributed by atoms with Crippen molar-refractivity contribution < 1.29 is 24.2 Å². The van der Waals surface area contributed by atoms with Crippen molar-refractivity contribution >= 4 is 17.5 Å². The maximum Gasteiger partial charge on any atom is 0.335 e. The molecule has 0 amide bonds. The molecule has 8 nitrogen and oxygen atoms in total. The van der Waals surface area contributed by atoms with Gasteiger partial charge in [-0.25, -0.2) is 4.79 Å². The second-order valence-electron chi connectivity index (χ2n) is 11.9. The number of hydrogen-bond donors (Lipinski definition) is 1. The number of ketones is 2. The Bertz CT molecular complexity index is 1380. The van der Waals surface area contributed by atoms with Crippen LogP contribution in [0.15, 0.2) is 54.7 Å². The third kappa shape index (κ3) is 5.81. The summed E-state index contributed by atoms with van der Waals surface area (Å²) in [6, 6.07) is 13.7. The molecule has 1 N–H and O–H groups in total. The Labute approximate surface area is 228 Å². The quantitative estimate of drug-likeness (QED) is 0.429. The first-order chi connectivity index (χ1) is 18.5. The first kappa shape index (κ1) is 26.8. The standard InChI is InChI=1S/C31H35N3O5/c1-30(2,3)34-28-24(18-32-34)16-31(17-26(28)35)12-14-33(15-13-31)19-27(36)22-8-10-25(11-9-22)39-20-21-4-6-23(7-5-21)29(37)38/h4-11,18H,12-17,19-20H2,1-3H3,(H,37,38). The van der Waals surface area contributed by atoms with Gasteiger partial charge < -0.3 is 9.84 Å². The van der Waals surface area contributed by atoms with Crippen LogP contribution in [-0.2, 0) is 18.6 Å². The van der Waals surface area contributed by atoms with Crippen LogP contribution in [0.5, 0.6) is 5.75 Å². The van der Waals surface area contributed by atoms with E-state index in [4.69, 9.17) is 9.84 Å². The van der Waals surface area contributed by atoms with Crippen molar-refractivity contribution in [3.63, 3.8) is 0 Å². The summed E-state index contributed by atoms with van der Waals surface area (Å²) in [7, 11) is 0. The number of nitrogens with zero attached hydrogens (tertiary/aromatic N) is 3. The van der Waals surface area contributed by atoms with Crippen LogP contribution in [0.2, 0.25) is 0 Å². The number of carboxylic acids is 1. The molecule has 0 atom stereocenters. The minimum absolute atomic E-state index is 0.0394. The molecule has 1 fully saturated rings. The van der Waals surface area contributed by atoms with E-state index in [1.54, 1.807) is 48.5 Å². The normalized spacial score (nSPS) is 17.2. The molecule has 1 saturated heterocycles. The van der Waals surface area contributed by atoms with Crippen LogP contribution in [0.4, 0.5) is 0 Å². The molecule has 1 aromatic heterocycles. The van der Waals surface area contributed by atoms with Gasteiger partial charge in [-0.05, 0) is 100 Å². The highest BCUT2D eigenvalue weighted by molar-refractivity contribution is 5.98. The van der Waals surface area contributed by atoms with Crippen molar-refractivity contribution in [2.24, 2.45) is 5.41 Å². The van der Waals surface area contributed by atoms with E-state index in [-0.39, 0.29) is 28.1 Å². The Kier molecular flexibility index (Phi) is 7.16. The number of ether oxygens (including phenoxy) is 1. The summed E-state index contributed by atoms with van der Waals surface area (Å²) in [4.78, 5) is 39.3. The highest BCUT2D eigenvalue weighted by Gasteiger charge is 2.43. The number of carbonyl (C=O) groups excluding carboxylic acids is 2. The maximum absolute atomic E-state index is 13.2. The lowest BCUT2D eigenvalue weighted by Gasteiger charge is -2.43. The zero-order chi connectivity index (χ0) is 27.8. The van der Waals surface area contributed by atoms with Gasteiger partial charge in [-0.15, -0.1) is 0 Å². The van der Waals surface area contributed by atoms with Crippen molar-refractivity contribution in [2.75, 3.05) is 19.6 Å². The van der Waals surface area contributed by atoms with Gasteiger partial charge in [0.1, 0.15) is 18.1 Å². The Morgan fingerprint density at radius 3 is 2.23 bits per heavy atom. The Morgan fingerprint density at radius 2 is 1.62 bits per heavy atom. The summed E-state index contributed by atoms with van der Waals surface area (Å²) < 4.78 is 7.67. The number of carbonyl (C=O) groups is 3. The molecule has 0 bridgehead atoms. The molecule has 204 valence electrons. The van der Waals surface area contributed by atoms with E-state index in [9.17, 15) is 14.4 Å². The van der Waals surface area contributed by atoms with Crippen LogP contribution in [0.1, 0.15) is 82.4 Å². The second-order valence-corrected chi connectivity index (χ2v) is 11.9. The van der Waals surface area contributed by atoms with Crippen molar-refractivity contribution in [3.05, 3.63) is 82.7 Å². The number of piperidine rings is 1. The molecule has 2 aromatic carbocycles. The van der Waals surface area contributed by atoms with E-state index in [0.29, 0.717) is 30.9 Å². The number of fused-ring (bicyclic) bond motifs is 1. The molecule has 2 heterocycles. The van der Waals surface area contributed by atoms with Gasteiger partial charge in [0.25, 0.3) is 0 Å². The summed E-state index contributed by atoms with van der Waals surface area (Å²) >= 11 is 0. The number of benzene rings is 2. The Hall–Kier alpha value is -3.78. The van der Waals surface area contributed by atoms with Crippen LogP contribution in [0.3, 0.4) is 0 Å². The molecule has 1 aliphatic carbocycles.